The highest BCUT2D eigenvalue weighted by atomic mass is 127. The lowest BCUT2D eigenvalue weighted by atomic mass is 10.1. The quantitative estimate of drug-likeness (QED) is 0.362. The normalized spacial score (nSPS) is 11.6. The van der Waals surface area contributed by atoms with E-state index in [1.165, 1.54) is 12.1 Å². The summed E-state index contributed by atoms with van der Waals surface area (Å²) in [4.78, 5) is 21.6. The molecule has 3 N–H and O–H groups in total. The predicted molar refractivity (Wildman–Crippen MR) is 104 cm³/mol. The Bertz CT molecular complexity index is 726. The highest BCUT2D eigenvalue weighted by molar-refractivity contribution is 14.1. The van der Waals surface area contributed by atoms with E-state index in [1.807, 2.05) is 12.1 Å². The Morgan fingerprint density at radius 1 is 1.21 bits per heavy atom. The van der Waals surface area contributed by atoms with Crippen molar-refractivity contribution < 1.29 is 24.5 Å². The zero-order valence-electron chi connectivity index (χ0n) is 12.2. The van der Waals surface area contributed by atoms with E-state index in [0.29, 0.717) is 17.9 Å². The molecule has 0 aliphatic heterocycles. The number of carbonyl (C=O) groups is 2. The van der Waals surface area contributed by atoms with E-state index in [9.17, 15) is 14.7 Å². The van der Waals surface area contributed by atoms with Crippen molar-refractivity contribution in [2.75, 3.05) is 0 Å². The minimum atomic E-state index is -1.09. The molecule has 6 nitrogen and oxygen atoms in total. The fourth-order valence-corrected chi connectivity index (χ4v) is 4.11. The van der Waals surface area contributed by atoms with Crippen LogP contribution in [0.15, 0.2) is 36.4 Å². The first-order valence-corrected chi connectivity index (χ1v) is 8.93. The summed E-state index contributed by atoms with van der Waals surface area (Å²) in [5, 5.41) is 20.7. The Morgan fingerprint density at radius 2 is 1.79 bits per heavy atom. The van der Waals surface area contributed by atoms with Crippen LogP contribution in [-0.4, -0.2) is 28.6 Å². The smallest absolute Gasteiger partial charge is 0.326 e. The van der Waals surface area contributed by atoms with Crippen molar-refractivity contribution in [1.82, 2.24) is 5.32 Å². The molecular weight excluding hydrogens is 540 g/mol. The van der Waals surface area contributed by atoms with E-state index >= 15 is 0 Å². The number of aromatic hydroxyl groups is 1. The molecular formula is C16H13I2NO5. The van der Waals surface area contributed by atoms with Gasteiger partial charge in [0.2, 0.25) is 6.41 Å². The molecule has 0 aliphatic rings. The molecule has 0 heterocycles. The minimum absolute atomic E-state index is 0.157. The third-order valence-electron chi connectivity index (χ3n) is 3.12. The molecule has 0 saturated carbocycles. The van der Waals surface area contributed by atoms with Crippen LogP contribution >= 0.6 is 45.2 Å². The van der Waals surface area contributed by atoms with Gasteiger partial charge in [-0.2, -0.15) is 0 Å². The van der Waals surface area contributed by atoms with Crippen molar-refractivity contribution in [3.05, 3.63) is 49.1 Å². The first-order valence-electron chi connectivity index (χ1n) is 6.78. The number of nitrogens with one attached hydrogen (secondary N) is 1. The number of ether oxygens (including phenoxy) is 1. The third-order valence-corrected chi connectivity index (χ3v) is 4.72. The van der Waals surface area contributed by atoms with Gasteiger partial charge in [-0.3, -0.25) is 4.79 Å². The number of amides is 1. The predicted octanol–water partition coefficient (Wildman–Crippen LogP) is 3.14. The molecule has 0 saturated heterocycles. The van der Waals surface area contributed by atoms with Crippen molar-refractivity contribution in [1.29, 1.82) is 0 Å². The summed E-state index contributed by atoms with van der Waals surface area (Å²) in [5.74, 6) is 0.310. The Balaban J connectivity index is 2.22. The Labute approximate surface area is 165 Å². The molecule has 0 aromatic heterocycles. The molecule has 0 bridgehead atoms. The molecule has 24 heavy (non-hydrogen) atoms. The van der Waals surface area contributed by atoms with Gasteiger partial charge < -0.3 is 20.3 Å². The van der Waals surface area contributed by atoms with Gasteiger partial charge in [-0.1, -0.05) is 0 Å². The topological polar surface area (TPSA) is 95.9 Å². The Hall–Kier alpha value is -1.56. The van der Waals surface area contributed by atoms with Gasteiger partial charge >= 0.3 is 5.97 Å². The first-order chi connectivity index (χ1) is 11.4. The van der Waals surface area contributed by atoms with Crippen molar-refractivity contribution >= 4 is 57.6 Å². The fraction of sp³-hybridized carbons (Fsp3) is 0.125. The number of aliphatic carboxylic acids is 1. The van der Waals surface area contributed by atoms with Crippen LogP contribution in [0.2, 0.25) is 0 Å². The number of carboxylic acids is 1. The summed E-state index contributed by atoms with van der Waals surface area (Å²) in [6.45, 7) is 0. The fourth-order valence-electron chi connectivity index (χ4n) is 2.00. The summed E-state index contributed by atoms with van der Waals surface area (Å²) in [5.41, 5.74) is 0.781. The number of carbonyl (C=O) groups excluding carboxylic acids is 1. The number of hydrogen-bond acceptors (Lipinski definition) is 4. The summed E-state index contributed by atoms with van der Waals surface area (Å²) >= 11 is 4.23. The molecule has 8 heteroatoms. The second-order valence-electron chi connectivity index (χ2n) is 4.86. The number of rotatable bonds is 7. The highest BCUT2D eigenvalue weighted by Gasteiger charge is 2.19. The van der Waals surface area contributed by atoms with Crippen LogP contribution in [0.3, 0.4) is 0 Å². The number of hydrogen-bond donors (Lipinski definition) is 3. The lowest BCUT2D eigenvalue weighted by molar-refractivity contribution is -0.140. The van der Waals surface area contributed by atoms with E-state index in [4.69, 9.17) is 9.84 Å². The van der Waals surface area contributed by atoms with Crippen molar-refractivity contribution in [2.24, 2.45) is 0 Å². The second kappa shape index (κ2) is 8.51. The summed E-state index contributed by atoms with van der Waals surface area (Å²) in [6, 6.07) is 9.05. The van der Waals surface area contributed by atoms with Crippen LogP contribution in [0.25, 0.3) is 0 Å². The molecule has 2 aromatic rings. The monoisotopic (exact) mass is 553 g/mol. The molecule has 2 rings (SSSR count). The number of benzene rings is 2. The van der Waals surface area contributed by atoms with Gasteiger partial charge in [-0.15, -0.1) is 0 Å². The lowest BCUT2D eigenvalue weighted by Gasteiger charge is -2.15. The molecule has 0 unspecified atom stereocenters. The van der Waals surface area contributed by atoms with Crippen LogP contribution in [0.1, 0.15) is 5.56 Å². The zero-order chi connectivity index (χ0) is 17.7. The van der Waals surface area contributed by atoms with Crippen molar-refractivity contribution in [2.45, 2.75) is 12.5 Å². The Morgan fingerprint density at radius 3 is 2.29 bits per heavy atom. The maximum absolute atomic E-state index is 11.1. The number of halogens is 2. The standard InChI is InChI=1S/C16H13I2NO5/c17-12-5-9(7-14(16(22)23)19-8-20)6-13(18)15(12)24-11-3-1-10(21)2-4-11/h1-6,8,14,21H,7H2,(H,19,20)(H,22,23)/t14-/m0/s1. The van der Waals surface area contributed by atoms with E-state index in [-0.39, 0.29) is 12.2 Å². The lowest BCUT2D eigenvalue weighted by Crippen LogP contribution is -2.37. The van der Waals surface area contributed by atoms with E-state index in [0.717, 1.165) is 12.7 Å². The SMILES string of the molecule is O=CN[C@@H](Cc1cc(I)c(Oc2ccc(O)cc2)c(I)c1)C(=O)O. The van der Waals surface area contributed by atoms with Crippen LogP contribution < -0.4 is 10.1 Å². The van der Waals surface area contributed by atoms with E-state index in [2.05, 4.69) is 50.5 Å². The van der Waals surface area contributed by atoms with Crippen LogP contribution in [-0.2, 0) is 16.0 Å². The van der Waals surface area contributed by atoms with Gasteiger partial charge in [0.25, 0.3) is 0 Å². The van der Waals surface area contributed by atoms with Gasteiger partial charge in [0.15, 0.2) is 5.75 Å². The molecule has 1 atom stereocenters. The summed E-state index contributed by atoms with van der Waals surface area (Å²) < 4.78 is 7.47. The molecule has 0 spiro atoms. The van der Waals surface area contributed by atoms with Crippen LogP contribution in [0, 0.1) is 7.14 Å². The van der Waals surface area contributed by atoms with Crippen LogP contribution in [0.4, 0.5) is 0 Å². The first kappa shape index (κ1) is 18.8. The number of carboxylic acid groups (broad SMARTS) is 1. The third kappa shape index (κ3) is 4.97. The minimum Gasteiger partial charge on any atom is -0.508 e. The van der Waals surface area contributed by atoms with Gasteiger partial charge in [-0.25, -0.2) is 4.79 Å². The van der Waals surface area contributed by atoms with E-state index in [1.54, 1.807) is 12.1 Å². The number of phenolic OH excluding ortho intramolecular Hbond substituents is 1. The number of phenols is 1. The van der Waals surface area contributed by atoms with Gasteiger partial charge in [0, 0.05) is 6.42 Å². The maximum Gasteiger partial charge on any atom is 0.326 e. The molecule has 0 aliphatic carbocycles. The largest absolute Gasteiger partial charge is 0.508 e. The van der Waals surface area contributed by atoms with Crippen LogP contribution in [0.5, 0.6) is 17.2 Å². The molecule has 2 aromatic carbocycles. The van der Waals surface area contributed by atoms with Crippen molar-refractivity contribution in [3.8, 4) is 17.2 Å². The molecule has 1 amide bonds. The van der Waals surface area contributed by atoms with Gasteiger partial charge in [0.05, 0.1) is 7.14 Å². The van der Waals surface area contributed by atoms with Gasteiger partial charge in [-0.05, 0) is 87.1 Å². The second-order valence-corrected chi connectivity index (χ2v) is 7.19. The summed E-state index contributed by atoms with van der Waals surface area (Å²) in [7, 11) is 0. The maximum atomic E-state index is 11.1. The summed E-state index contributed by atoms with van der Waals surface area (Å²) in [6.07, 6.45) is 0.566. The molecule has 0 fully saturated rings. The highest BCUT2D eigenvalue weighted by Crippen LogP contribution is 2.33. The van der Waals surface area contributed by atoms with Gasteiger partial charge in [0.1, 0.15) is 17.5 Å². The Kier molecular flexibility index (Phi) is 6.66. The van der Waals surface area contributed by atoms with Crippen molar-refractivity contribution in [3.63, 3.8) is 0 Å². The zero-order valence-corrected chi connectivity index (χ0v) is 16.5. The van der Waals surface area contributed by atoms with E-state index < -0.39 is 12.0 Å². The molecule has 126 valence electrons. The average molecular weight is 553 g/mol. The molecule has 0 radical (unpaired) electrons. The average Bonchev–Trinajstić information content (AvgIpc) is 2.52.